The van der Waals surface area contributed by atoms with E-state index in [4.69, 9.17) is 0 Å². The van der Waals surface area contributed by atoms with E-state index in [1.54, 1.807) is 0 Å². The maximum Gasteiger partial charge on any atom is 0.126 e. The summed E-state index contributed by atoms with van der Waals surface area (Å²) in [6, 6.07) is 0. The lowest BCUT2D eigenvalue weighted by Gasteiger charge is -2.22. The smallest absolute Gasteiger partial charge is 0.126 e. The van der Waals surface area contributed by atoms with Gasteiger partial charge >= 0.3 is 0 Å². The highest BCUT2D eigenvalue weighted by Crippen LogP contribution is 2.44. The van der Waals surface area contributed by atoms with E-state index in [0.29, 0.717) is 0 Å². The number of allylic oxidation sites excluding steroid dienone is 1. The Morgan fingerprint density at radius 1 is 1.69 bits per heavy atom. The highest BCUT2D eigenvalue weighted by atomic mass is 16.1. The van der Waals surface area contributed by atoms with Gasteiger partial charge in [0.2, 0.25) is 0 Å². The largest absolute Gasteiger partial charge is 0.303 e. The van der Waals surface area contributed by atoms with Gasteiger partial charge in [0.1, 0.15) is 6.29 Å². The van der Waals surface area contributed by atoms with Gasteiger partial charge in [-0.2, -0.15) is 0 Å². The van der Waals surface area contributed by atoms with Crippen LogP contribution in [0.2, 0.25) is 0 Å². The molecular weight excluding hydrogens is 160 g/mol. The first-order chi connectivity index (χ1) is 6.12. The number of carbonyl (C=O) groups is 1. The second-order valence-corrected chi connectivity index (χ2v) is 4.61. The van der Waals surface area contributed by atoms with Gasteiger partial charge in [0.05, 0.1) is 0 Å². The zero-order valence-electron chi connectivity index (χ0n) is 8.81. The summed E-state index contributed by atoms with van der Waals surface area (Å²) in [5.74, 6) is 0.717. The number of carbonyl (C=O) groups excluding carboxylic acids is 1. The fraction of sp³-hybridized carbons (Fsp3) is 0.750. The molecule has 0 amide bonds. The van der Waals surface area contributed by atoms with Gasteiger partial charge in [0.25, 0.3) is 0 Å². The van der Waals surface area contributed by atoms with Crippen molar-refractivity contribution < 1.29 is 4.79 Å². The van der Waals surface area contributed by atoms with Gasteiger partial charge in [-0.1, -0.05) is 26.0 Å². The van der Waals surface area contributed by atoms with Crippen molar-refractivity contribution in [3.05, 3.63) is 12.2 Å². The summed E-state index contributed by atoms with van der Waals surface area (Å²) in [6.45, 7) is 8.34. The van der Waals surface area contributed by atoms with E-state index in [9.17, 15) is 4.79 Å². The Morgan fingerprint density at radius 3 is 2.77 bits per heavy atom. The molecule has 0 heterocycles. The SMILES string of the molecule is C=C(CC)CC1(C=O)CCC(C)C1. The monoisotopic (exact) mass is 180 g/mol. The third kappa shape index (κ3) is 2.43. The highest BCUT2D eigenvalue weighted by molar-refractivity contribution is 5.60. The molecule has 2 unspecified atom stereocenters. The summed E-state index contributed by atoms with van der Waals surface area (Å²) in [4.78, 5) is 11.1. The van der Waals surface area contributed by atoms with Gasteiger partial charge in [0, 0.05) is 5.41 Å². The Morgan fingerprint density at radius 2 is 2.38 bits per heavy atom. The van der Waals surface area contributed by atoms with Crippen molar-refractivity contribution in [2.45, 2.75) is 46.0 Å². The van der Waals surface area contributed by atoms with Crippen LogP contribution in [0.25, 0.3) is 0 Å². The Hall–Kier alpha value is -0.590. The van der Waals surface area contributed by atoms with Crippen LogP contribution < -0.4 is 0 Å². The molecule has 13 heavy (non-hydrogen) atoms. The van der Waals surface area contributed by atoms with Crippen molar-refractivity contribution >= 4 is 6.29 Å². The van der Waals surface area contributed by atoms with E-state index in [1.165, 1.54) is 18.3 Å². The summed E-state index contributed by atoms with van der Waals surface area (Å²) in [7, 11) is 0. The van der Waals surface area contributed by atoms with Gasteiger partial charge in [-0.05, 0) is 38.0 Å². The number of hydrogen-bond donors (Lipinski definition) is 0. The minimum atomic E-state index is -0.0491. The summed E-state index contributed by atoms with van der Waals surface area (Å²) in [5.41, 5.74) is 1.17. The van der Waals surface area contributed by atoms with E-state index in [1.807, 2.05) is 0 Å². The molecule has 0 aliphatic heterocycles. The highest BCUT2D eigenvalue weighted by Gasteiger charge is 2.37. The van der Waals surface area contributed by atoms with Crippen molar-refractivity contribution in [2.24, 2.45) is 11.3 Å². The average Bonchev–Trinajstić information content (AvgIpc) is 2.48. The standard InChI is InChI=1S/C12H20O/c1-4-10(2)7-12(9-13)6-5-11(3)8-12/h9,11H,2,4-8H2,1,3H3. The molecule has 0 radical (unpaired) electrons. The van der Waals surface area contributed by atoms with Gasteiger partial charge in [-0.25, -0.2) is 0 Å². The minimum absolute atomic E-state index is 0.0491. The van der Waals surface area contributed by atoms with Crippen LogP contribution >= 0.6 is 0 Å². The predicted octanol–water partition coefficient (Wildman–Crippen LogP) is 3.35. The zero-order chi connectivity index (χ0) is 9.90. The first-order valence-electron chi connectivity index (χ1n) is 5.25. The van der Waals surface area contributed by atoms with E-state index < -0.39 is 0 Å². The van der Waals surface area contributed by atoms with E-state index in [0.717, 1.165) is 31.6 Å². The number of rotatable bonds is 4. The molecule has 0 spiro atoms. The Kier molecular flexibility index (Phi) is 3.29. The van der Waals surface area contributed by atoms with Crippen molar-refractivity contribution in [3.8, 4) is 0 Å². The van der Waals surface area contributed by atoms with Gasteiger partial charge in [0.15, 0.2) is 0 Å². The fourth-order valence-electron chi connectivity index (χ4n) is 2.36. The number of hydrogen-bond acceptors (Lipinski definition) is 1. The lowest BCUT2D eigenvalue weighted by molar-refractivity contribution is -0.116. The minimum Gasteiger partial charge on any atom is -0.303 e. The van der Waals surface area contributed by atoms with Crippen molar-refractivity contribution in [3.63, 3.8) is 0 Å². The maximum atomic E-state index is 11.1. The lowest BCUT2D eigenvalue weighted by atomic mass is 9.80. The summed E-state index contributed by atoms with van der Waals surface area (Å²) < 4.78 is 0. The molecule has 0 aromatic rings. The third-order valence-corrected chi connectivity index (χ3v) is 3.24. The van der Waals surface area contributed by atoms with E-state index in [-0.39, 0.29) is 5.41 Å². The molecule has 2 atom stereocenters. The molecule has 0 N–H and O–H groups in total. The zero-order valence-corrected chi connectivity index (χ0v) is 8.81. The molecule has 0 bridgehead atoms. The Bertz CT molecular complexity index is 207. The van der Waals surface area contributed by atoms with E-state index in [2.05, 4.69) is 20.4 Å². The van der Waals surface area contributed by atoms with Gasteiger partial charge in [-0.3, -0.25) is 0 Å². The molecule has 1 fully saturated rings. The van der Waals surface area contributed by atoms with Crippen LogP contribution in [0, 0.1) is 11.3 Å². The fourth-order valence-corrected chi connectivity index (χ4v) is 2.36. The Labute approximate surface area is 81.2 Å². The van der Waals surface area contributed by atoms with Crippen LogP contribution in [0.3, 0.4) is 0 Å². The molecule has 74 valence electrons. The molecule has 1 aliphatic carbocycles. The Balaban J connectivity index is 2.60. The van der Waals surface area contributed by atoms with Crippen molar-refractivity contribution in [2.75, 3.05) is 0 Å². The van der Waals surface area contributed by atoms with Crippen molar-refractivity contribution in [1.29, 1.82) is 0 Å². The van der Waals surface area contributed by atoms with Crippen LogP contribution in [0.15, 0.2) is 12.2 Å². The van der Waals surface area contributed by atoms with Crippen LogP contribution in [-0.2, 0) is 4.79 Å². The average molecular weight is 180 g/mol. The van der Waals surface area contributed by atoms with E-state index >= 15 is 0 Å². The van der Waals surface area contributed by atoms with Crippen LogP contribution in [-0.4, -0.2) is 6.29 Å². The molecule has 0 aromatic heterocycles. The van der Waals surface area contributed by atoms with Crippen LogP contribution in [0.5, 0.6) is 0 Å². The lowest BCUT2D eigenvalue weighted by Crippen LogP contribution is -2.19. The molecule has 1 saturated carbocycles. The third-order valence-electron chi connectivity index (χ3n) is 3.24. The first-order valence-corrected chi connectivity index (χ1v) is 5.25. The maximum absolute atomic E-state index is 11.1. The topological polar surface area (TPSA) is 17.1 Å². The second kappa shape index (κ2) is 4.08. The number of aldehydes is 1. The molecule has 1 nitrogen and oxygen atoms in total. The molecule has 0 aromatic carbocycles. The van der Waals surface area contributed by atoms with Crippen molar-refractivity contribution in [1.82, 2.24) is 0 Å². The molecule has 1 heteroatoms. The second-order valence-electron chi connectivity index (χ2n) is 4.61. The molecular formula is C12H20O. The van der Waals surface area contributed by atoms with Crippen LogP contribution in [0.4, 0.5) is 0 Å². The molecule has 1 rings (SSSR count). The molecule has 0 saturated heterocycles. The summed E-state index contributed by atoms with van der Waals surface area (Å²) in [5, 5.41) is 0. The van der Waals surface area contributed by atoms with Crippen LogP contribution in [0.1, 0.15) is 46.0 Å². The predicted molar refractivity (Wildman–Crippen MR) is 55.6 cm³/mol. The summed E-state index contributed by atoms with van der Waals surface area (Å²) in [6.07, 6.45) is 6.43. The quantitative estimate of drug-likeness (QED) is 0.479. The van der Waals surface area contributed by atoms with Gasteiger partial charge < -0.3 is 4.79 Å². The summed E-state index contributed by atoms with van der Waals surface area (Å²) >= 11 is 0. The first kappa shape index (κ1) is 10.5. The molecule has 1 aliphatic rings. The van der Waals surface area contributed by atoms with Gasteiger partial charge in [-0.15, -0.1) is 0 Å². The normalized spacial score (nSPS) is 33.2.